The van der Waals surface area contributed by atoms with Gasteiger partial charge in [0.05, 0.1) is 17.5 Å². The zero-order valence-corrected chi connectivity index (χ0v) is 15.3. The van der Waals surface area contributed by atoms with Crippen LogP contribution in [0.15, 0.2) is 30.6 Å². The van der Waals surface area contributed by atoms with Gasteiger partial charge in [-0.05, 0) is 42.5 Å². The molecule has 1 aliphatic rings. The summed E-state index contributed by atoms with van der Waals surface area (Å²) in [5, 5.41) is 7.08. The Morgan fingerprint density at radius 2 is 2.04 bits per heavy atom. The third kappa shape index (κ3) is 2.99. The highest BCUT2D eigenvalue weighted by molar-refractivity contribution is 6.08. The molecule has 0 bridgehead atoms. The topological polar surface area (TPSA) is 76.4 Å². The van der Waals surface area contributed by atoms with Crippen LogP contribution in [0.2, 0.25) is 0 Å². The first-order chi connectivity index (χ1) is 12.7. The molecule has 1 aromatic carbocycles. The van der Waals surface area contributed by atoms with Gasteiger partial charge in [-0.1, -0.05) is 13.8 Å². The molecule has 27 heavy (non-hydrogen) atoms. The molecule has 0 radical (unpaired) electrons. The van der Waals surface area contributed by atoms with Crippen LogP contribution in [-0.4, -0.2) is 26.3 Å². The van der Waals surface area contributed by atoms with Crippen molar-refractivity contribution in [2.24, 2.45) is 5.41 Å². The predicted molar refractivity (Wildman–Crippen MR) is 98.5 cm³/mol. The van der Waals surface area contributed by atoms with E-state index >= 15 is 0 Å². The highest BCUT2D eigenvalue weighted by Crippen LogP contribution is 2.34. The molecule has 0 atom stereocenters. The van der Waals surface area contributed by atoms with E-state index in [2.05, 4.69) is 15.4 Å². The first-order valence-electron chi connectivity index (χ1n) is 8.71. The average Bonchev–Trinajstić information content (AvgIpc) is 3.01. The molecule has 6 nitrogen and oxygen atoms in total. The number of halogens is 1. The number of ketones is 1. The van der Waals surface area contributed by atoms with Crippen LogP contribution in [0.5, 0.6) is 0 Å². The number of Topliss-reactive ketones (excluding diaryl/α,β-unsaturated/α-hetero) is 1. The van der Waals surface area contributed by atoms with Crippen LogP contribution < -0.4 is 5.32 Å². The Bertz CT molecular complexity index is 1100. The van der Waals surface area contributed by atoms with E-state index in [0.717, 1.165) is 5.69 Å². The average molecular weight is 366 g/mol. The molecule has 0 unspecified atom stereocenters. The van der Waals surface area contributed by atoms with E-state index in [1.165, 1.54) is 30.6 Å². The first-order valence-corrected chi connectivity index (χ1v) is 8.71. The molecule has 2 aromatic heterocycles. The van der Waals surface area contributed by atoms with Gasteiger partial charge in [0.25, 0.3) is 5.91 Å². The molecule has 0 saturated carbocycles. The number of anilines is 1. The molecule has 0 fully saturated rings. The number of amides is 1. The molecule has 0 aliphatic heterocycles. The molecule has 1 amide bonds. The Kier molecular flexibility index (Phi) is 3.83. The Morgan fingerprint density at radius 3 is 2.78 bits per heavy atom. The van der Waals surface area contributed by atoms with Crippen LogP contribution >= 0.6 is 0 Å². The summed E-state index contributed by atoms with van der Waals surface area (Å²) in [4.78, 5) is 29.4. The van der Waals surface area contributed by atoms with Crippen molar-refractivity contribution in [1.82, 2.24) is 14.6 Å². The maximum atomic E-state index is 13.3. The lowest BCUT2D eigenvalue weighted by atomic mass is 9.76. The number of hydrogen-bond acceptors (Lipinski definition) is 4. The van der Waals surface area contributed by atoms with Gasteiger partial charge in [0.2, 0.25) is 0 Å². The summed E-state index contributed by atoms with van der Waals surface area (Å²) in [5.41, 5.74) is 3.02. The second-order valence-corrected chi connectivity index (χ2v) is 7.77. The van der Waals surface area contributed by atoms with Crippen LogP contribution in [0.3, 0.4) is 0 Å². The van der Waals surface area contributed by atoms with Gasteiger partial charge in [-0.15, -0.1) is 0 Å². The Hall–Kier alpha value is -3.09. The minimum absolute atomic E-state index is 0.0408. The molecule has 1 N–H and O–H groups in total. The van der Waals surface area contributed by atoms with Crippen molar-refractivity contribution < 1.29 is 14.0 Å². The van der Waals surface area contributed by atoms with Gasteiger partial charge in [-0.3, -0.25) is 9.59 Å². The maximum Gasteiger partial charge on any atom is 0.261 e. The number of nitrogens with zero attached hydrogens (tertiary/aromatic N) is 3. The molecular weight excluding hydrogens is 347 g/mol. The molecule has 3 aromatic rings. The zero-order valence-electron chi connectivity index (χ0n) is 15.3. The highest BCUT2D eigenvalue weighted by atomic mass is 19.1. The molecule has 0 saturated heterocycles. The minimum Gasteiger partial charge on any atom is -0.322 e. The zero-order chi connectivity index (χ0) is 19.3. The summed E-state index contributed by atoms with van der Waals surface area (Å²) in [7, 11) is 0. The van der Waals surface area contributed by atoms with Gasteiger partial charge < -0.3 is 5.32 Å². The lowest BCUT2D eigenvalue weighted by Gasteiger charge is -2.29. The number of aryl methyl sites for hydroxylation is 1. The van der Waals surface area contributed by atoms with Crippen LogP contribution in [0.4, 0.5) is 10.1 Å². The lowest BCUT2D eigenvalue weighted by Crippen LogP contribution is -2.29. The summed E-state index contributed by atoms with van der Waals surface area (Å²) in [6.45, 7) is 5.79. The lowest BCUT2D eigenvalue weighted by molar-refractivity contribution is 0.0908. The minimum atomic E-state index is -0.381. The van der Waals surface area contributed by atoms with Crippen molar-refractivity contribution in [2.75, 3.05) is 5.32 Å². The van der Waals surface area contributed by atoms with Crippen LogP contribution in [0.25, 0.3) is 5.65 Å². The number of aromatic nitrogens is 3. The normalized spacial score (nSPS) is 15.6. The largest absolute Gasteiger partial charge is 0.322 e. The van der Waals surface area contributed by atoms with Crippen LogP contribution in [0.1, 0.15) is 52.2 Å². The molecule has 138 valence electrons. The number of fused-ring (bicyclic) bond motifs is 3. The second kappa shape index (κ2) is 5.97. The van der Waals surface area contributed by atoms with Gasteiger partial charge >= 0.3 is 0 Å². The molecule has 7 heteroatoms. The molecule has 4 rings (SSSR count). The Labute approximate surface area is 155 Å². The van der Waals surface area contributed by atoms with Crippen molar-refractivity contribution in [2.45, 2.75) is 33.6 Å². The van der Waals surface area contributed by atoms with Crippen molar-refractivity contribution in [3.05, 3.63) is 58.8 Å². The van der Waals surface area contributed by atoms with E-state index in [1.807, 2.05) is 13.8 Å². The number of benzene rings is 1. The number of nitrogens with one attached hydrogen (secondary N) is 1. The van der Waals surface area contributed by atoms with E-state index in [9.17, 15) is 14.0 Å². The maximum absolute atomic E-state index is 13.3. The first kappa shape index (κ1) is 17.3. The van der Waals surface area contributed by atoms with Crippen molar-refractivity contribution in [1.29, 1.82) is 0 Å². The number of carbonyl (C=O) groups excluding carboxylic acids is 2. The molecule has 1 aliphatic carbocycles. The summed E-state index contributed by atoms with van der Waals surface area (Å²) in [6.07, 6.45) is 4.12. The van der Waals surface area contributed by atoms with Gasteiger partial charge in [-0.2, -0.15) is 5.10 Å². The Morgan fingerprint density at radius 1 is 1.26 bits per heavy atom. The predicted octanol–water partition coefficient (Wildman–Crippen LogP) is 3.58. The quantitative estimate of drug-likeness (QED) is 0.752. The number of rotatable bonds is 2. The molecule has 0 spiro atoms. The molecular formula is C20H19FN4O2. The summed E-state index contributed by atoms with van der Waals surface area (Å²) in [6, 6.07) is 4.17. The third-order valence-electron chi connectivity index (χ3n) is 4.89. The van der Waals surface area contributed by atoms with E-state index in [0.29, 0.717) is 40.9 Å². The van der Waals surface area contributed by atoms with Crippen molar-refractivity contribution >= 4 is 23.0 Å². The monoisotopic (exact) mass is 366 g/mol. The smallest absolute Gasteiger partial charge is 0.261 e. The summed E-state index contributed by atoms with van der Waals surface area (Å²) >= 11 is 0. The summed E-state index contributed by atoms with van der Waals surface area (Å²) in [5.74, 6) is -0.699. The van der Waals surface area contributed by atoms with Crippen molar-refractivity contribution in [3.8, 4) is 0 Å². The second-order valence-electron chi connectivity index (χ2n) is 7.77. The van der Waals surface area contributed by atoms with Gasteiger partial charge in [0.1, 0.15) is 11.4 Å². The van der Waals surface area contributed by atoms with Gasteiger partial charge in [0.15, 0.2) is 11.4 Å². The SMILES string of the molecule is Cc1cc(F)ccc1NC(=O)c1cnn2c3c(cnc12)C(=O)CC(C)(C)C3. The molecule has 2 heterocycles. The van der Waals surface area contributed by atoms with E-state index in [4.69, 9.17) is 0 Å². The fraction of sp³-hybridized carbons (Fsp3) is 0.300. The van der Waals surface area contributed by atoms with Crippen LogP contribution in [0, 0.1) is 18.2 Å². The van der Waals surface area contributed by atoms with Crippen molar-refractivity contribution in [3.63, 3.8) is 0 Å². The third-order valence-corrected chi connectivity index (χ3v) is 4.89. The van der Waals surface area contributed by atoms with E-state index < -0.39 is 0 Å². The van der Waals surface area contributed by atoms with Gasteiger partial charge in [0, 0.05) is 18.3 Å². The van der Waals surface area contributed by atoms with Crippen LogP contribution in [-0.2, 0) is 6.42 Å². The fourth-order valence-corrected chi connectivity index (χ4v) is 3.54. The number of carbonyl (C=O) groups is 2. The van der Waals surface area contributed by atoms with E-state index in [-0.39, 0.29) is 22.9 Å². The van der Waals surface area contributed by atoms with E-state index in [1.54, 1.807) is 11.4 Å². The summed E-state index contributed by atoms with van der Waals surface area (Å²) < 4.78 is 14.8. The standard InChI is InChI=1S/C20H19FN4O2/c1-11-6-12(21)4-5-15(11)24-19(27)14-10-23-25-16-7-20(2,3)8-17(26)13(16)9-22-18(14)25/h4-6,9-10H,7-8H2,1-3H3,(H,24,27). The fourth-order valence-electron chi connectivity index (χ4n) is 3.54. The number of hydrogen-bond donors (Lipinski definition) is 1. The highest BCUT2D eigenvalue weighted by Gasteiger charge is 2.33. The Balaban J connectivity index is 1.74. The van der Waals surface area contributed by atoms with Gasteiger partial charge in [-0.25, -0.2) is 13.9 Å².